The molecule has 2 rings (SSSR count). The number of benzene rings is 1. The Morgan fingerprint density at radius 3 is 2.00 bits per heavy atom. The van der Waals surface area contributed by atoms with Gasteiger partial charge in [-0.25, -0.2) is 0 Å². The van der Waals surface area contributed by atoms with Gasteiger partial charge >= 0.3 is 0 Å². The molecule has 1 aromatic rings. The lowest BCUT2D eigenvalue weighted by molar-refractivity contribution is 0.552. The molecule has 0 heterocycles. The molecule has 3 heteroatoms. The van der Waals surface area contributed by atoms with Crippen molar-refractivity contribution in [2.24, 2.45) is 0 Å². The van der Waals surface area contributed by atoms with Crippen LogP contribution in [0.25, 0.3) is 0 Å². The summed E-state index contributed by atoms with van der Waals surface area (Å²) in [6.07, 6.45) is 8.84. The van der Waals surface area contributed by atoms with E-state index in [1.54, 1.807) is 0 Å². The summed E-state index contributed by atoms with van der Waals surface area (Å²) >= 11 is 0. The van der Waals surface area contributed by atoms with E-state index in [9.17, 15) is 0 Å². The molecule has 1 aliphatic carbocycles. The van der Waals surface area contributed by atoms with Gasteiger partial charge in [0.25, 0.3) is 0 Å². The molecule has 0 amide bonds. The van der Waals surface area contributed by atoms with Crippen LogP contribution in [0.3, 0.4) is 0 Å². The van der Waals surface area contributed by atoms with Crippen molar-refractivity contribution in [2.45, 2.75) is 31.7 Å². The summed E-state index contributed by atoms with van der Waals surface area (Å²) in [6.45, 7) is 9.27. The molecule has 0 aliphatic heterocycles. The highest BCUT2D eigenvalue weighted by Gasteiger charge is 2.38. The molecule has 0 fully saturated rings. The highest BCUT2D eigenvalue weighted by Crippen LogP contribution is 2.31. The Bertz CT molecular complexity index is 449. The quantitative estimate of drug-likeness (QED) is 0.759. The monoisotopic (exact) mass is 274 g/mol. The van der Waals surface area contributed by atoms with Crippen LogP contribution in [0.4, 0.5) is 0 Å². The van der Waals surface area contributed by atoms with E-state index in [1.165, 1.54) is 5.19 Å². The van der Waals surface area contributed by atoms with Gasteiger partial charge in [0.05, 0.1) is 0 Å². The molecular weight excluding hydrogens is 252 g/mol. The Labute approximate surface area is 112 Å². The predicted molar refractivity (Wildman–Crippen MR) is 84.2 cm³/mol. The molecule has 0 bridgehead atoms. The van der Waals surface area contributed by atoms with Gasteiger partial charge < -0.3 is 4.12 Å². The van der Waals surface area contributed by atoms with Crippen LogP contribution in [0, 0.1) is 0 Å². The first-order valence-corrected chi connectivity index (χ1v) is 12.4. The maximum atomic E-state index is 6.67. The third-order valence-corrected chi connectivity index (χ3v) is 11.4. The van der Waals surface area contributed by atoms with E-state index in [1.807, 2.05) is 0 Å². The number of allylic oxidation sites excluding steroid dienone is 4. The maximum absolute atomic E-state index is 6.67. The van der Waals surface area contributed by atoms with Crippen molar-refractivity contribution in [1.29, 1.82) is 0 Å². The van der Waals surface area contributed by atoms with Crippen LogP contribution >= 0.6 is 0 Å². The molecule has 0 unspecified atom stereocenters. The first kappa shape index (κ1) is 13.5. The largest absolute Gasteiger partial charge is 0.452 e. The molecular formula is C15H22OSi2. The third kappa shape index (κ3) is 2.91. The van der Waals surface area contributed by atoms with E-state index in [4.69, 9.17) is 4.12 Å². The number of rotatable bonds is 4. The van der Waals surface area contributed by atoms with Crippen molar-refractivity contribution in [2.75, 3.05) is 0 Å². The van der Waals surface area contributed by atoms with Crippen LogP contribution in [0.1, 0.15) is 0 Å². The topological polar surface area (TPSA) is 9.23 Å². The van der Waals surface area contributed by atoms with Gasteiger partial charge in [0.1, 0.15) is 0 Å². The molecule has 0 saturated carbocycles. The molecule has 0 spiro atoms. The van der Waals surface area contributed by atoms with Gasteiger partial charge in [0, 0.05) is 5.54 Å². The summed E-state index contributed by atoms with van der Waals surface area (Å²) in [4.78, 5) is 0. The smallest absolute Gasteiger partial charge is 0.205 e. The molecule has 0 atom stereocenters. The van der Waals surface area contributed by atoms with Crippen LogP contribution in [0.5, 0.6) is 0 Å². The summed E-state index contributed by atoms with van der Waals surface area (Å²) in [5.41, 5.74) is 0.521. The average molecular weight is 275 g/mol. The van der Waals surface area contributed by atoms with Crippen LogP contribution in [0.2, 0.25) is 31.7 Å². The molecule has 0 radical (unpaired) electrons. The summed E-state index contributed by atoms with van der Waals surface area (Å²) in [7, 11) is -3.49. The second-order valence-corrected chi connectivity index (χ2v) is 14.2. The Morgan fingerprint density at radius 2 is 1.44 bits per heavy atom. The highest BCUT2D eigenvalue weighted by atomic mass is 28.4. The Morgan fingerprint density at radius 1 is 0.889 bits per heavy atom. The van der Waals surface area contributed by atoms with Gasteiger partial charge in [0.15, 0.2) is 8.32 Å². The normalized spacial score (nSPS) is 16.4. The number of hydrogen-bond acceptors (Lipinski definition) is 1. The summed E-state index contributed by atoms with van der Waals surface area (Å²) in [5.74, 6) is 0. The second-order valence-electron chi connectivity index (χ2n) is 5.88. The van der Waals surface area contributed by atoms with Gasteiger partial charge in [0.2, 0.25) is 8.32 Å². The number of hydrogen-bond donors (Lipinski definition) is 0. The van der Waals surface area contributed by atoms with Crippen LogP contribution in [-0.4, -0.2) is 16.6 Å². The van der Waals surface area contributed by atoms with Gasteiger partial charge in [-0.2, -0.15) is 0 Å². The molecule has 0 aromatic heterocycles. The van der Waals surface area contributed by atoms with Crippen LogP contribution < -0.4 is 5.19 Å². The molecule has 1 nitrogen and oxygen atoms in total. The highest BCUT2D eigenvalue weighted by molar-refractivity contribution is 6.93. The predicted octanol–water partition coefficient (Wildman–Crippen LogP) is 3.82. The fourth-order valence-electron chi connectivity index (χ4n) is 2.52. The third-order valence-electron chi connectivity index (χ3n) is 3.54. The van der Waals surface area contributed by atoms with Gasteiger partial charge in [-0.05, 0) is 31.4 Å². The zero-order valence-electron chi connectivity index (χ0n) is 11.7. The molecule has 1 aliphatic rings. The first-order valence-electron chi connectivity index (χ1n) is 6.52. The minimum absolute atomic E-state index is 0.521. The molecule has 1 aromatic carbocycles. The van der Waals surface area contributed by atoms with Crippen LogP contribution in [-0.2, 0) is 4.12 Å². The molecule has 18 heavy (non-hydrogen) atoms. The van der Waals surface area contributed by atoms with Crippen molar-refractivity contribution in [3.8, 4) is 0 Å². The minimum atomic E-state index is -1.79. The van der Waals surface area contributed by atoms with E-state index in [-0.39, 0.29) is 0 Å². The summed E-state index contributed by atoms with van der Waals surface area (Å²) in [5, 5.41) is 1.39. The average Bonchev–Trinajstić information content (AvgIpc) is 2.83. The van der Waals surface area contributed by atoms with Crippen molar-refractivity contribution in [1.82, 2.24) is 0 Å². The van der Waals surface area contributed by atoms with Crippen molar-refractivity contribution < 1.29 is 4.12 Å². The van der Waals surface area contributed by atoms with Gasteiger partial charge in [-0.3, -0.25) is 0 Å². The van der Waals surface area contributed by atoms with E-state index in [2.05, 4.69) is 80.8 Å². The molecule has 0 N–H and O–H groups in total. The second kappa shape index (κ2) is 4.99. The van der Waals surface area contributed by atoms with E-state index < -0.39 is 16.6 Å². The fourth-order valence-corrected chi connectivity index (χ4v) is 10.9. The van der Waals surface area contributed by atoms with Crippen LogP contribution in [0.15, 0.2) is 54.6 Å². The van der Waals surface area contributed by atoms with E-state index in [0.717, 1.165) is 0 Å². The maximum Gasteiger partial charge on any atom is 0.205 e. The zero-order valence-corrected chi connectivity index (χ0v) is 13.7. The van der Waals surface area contributed by atoms with Crippen molar-refractivity contribution in [3.05, 3.63) is 54.6 Å². The Balaban J connectivity index is 2.17. The zero-order chi connectivity index (χ0) is 13.2. The summed E-state index contributed by atoms with van der Waals surface area (Å²) in [6, 6.07) is 10.7. The minimum Gasteiger partial charge on any atom is -0.452 e. The summed E-state index contributed by atoms with van der Waals surface area (Å²) < 4.78 is 6.67. The molecule has 0 saturated heterocycles. The van der Waals surface area contributed by atoms with Crippen molar-refractivity contribution >= 4 is 21.8 Å². The lowest BCUT2D eigenvalue weighted by Crippen LogP contribution is -2.53. The first-order chi connectivity index (χ1) is 8.42. The van der Waals surface area contributed by atoms with Gasteiger partial charge in [-0.15, -0.1) is 0 Å². The standard InChI is InChI=1S/C15H22OSi2/c1-17(2,14-10-6-5-7-11-14)16-18(3,4)15-12-8-9-13-15/h5-13,15H,1-4H3. The van der Waals surface area contributed by atoms with Gasteiger partial charge in [-0.1, -0.05) is 54.6 Å². The fraction of sp³-hybridized carbons (Fsp3) is 0.333. The van der Waals surface area contributed by atoms with Crippen molar-refractivity contribution in [3.63, 3.8) is 0 Å². The van der Waals surface area contributed by atoms with E-state index in [0.29, 0.717) is 5.54 Å². The Kier molecular flexibility index (Phi) is 3.75. The lowest BCUT2D eigenvalue weighted by Gasteiger charge is -2.36. The lowest BCUT2D eigenvalue weighted by atomic mass is 10.4. The Hall–Kier alpha value is -0.906. The SMILES string of the molecule is C[Si](C)(O[Si](C)(C)C1C=CC=C1)c1ccccc1. The molecule has 96 valence electrons. The van der Waals surface area contributed by atoms with E-state index >= 15 is 0 Å².